The number of anilines is 1. The van der Waals surface area contributed by atoms with E-state index in [1.807, 2.05) is 0 Å². The summed E-state index contributed by atoms with van der Waals surface area (Å²) < 4.78 is 18.7. The highest BCUT2D eigenvalue weighted by molar-refractivity contribution is 6.35. The van der Waals surface area contributed by atoms with Crippen LogP contribution in [0.1, 0.15) is 17.5 Å². The van der Waals surface area contributed by atoms with Gasteiger partial charge in [0.15, 0.2) is 0 Å². The van der Waals surface area contributed by atoms with E-state index in [2.05, 4.69) is 15.8 Å². The van der Waals surface area contributed by atoms with Crippen LogP contribution in [0.15, 0.2) is 65.8 Å². The van der Waals surface area contributed by atoms with E-state index in [0.29, 0.717) is 32.1 Å². The van der Waals surface area contributed by atoms with Gasteiger partial charge in [0.2, 0.25) is 11.8 Å². The first-order chi connectivity index (χ1) is 15.8. The van der Waals surface area contributed by atoms with Crippen LogP contribution >= 0.6 is 34.8 Å². The number of hydrazone groups is 1. The lowest BCUT2D eigenvalue weighted by molar-refractivity contribution is -0.126. The molecule has 0 radical (unpaired) electrons. The highest BCUT2D eigenvalue weighted by Gasteiger charge is 2.10. The number of rotatable bonds is 8. The van der Waals surface area contributed by atoms with Crippen molar-refractivity contribution in [2.75, 3.05) is 5.32 Å². The molecule has 0 aromatic heterocycles. The molecule has 0 unspecified atom stereocenters. The van der Waals surface area contributed by atoms with E-state index < -0.39 is 24.1 Å². The van der Waals surface area contributed by atoms with Crippen molar-refractivity contribution in [3.05, 3.63) is 92.7 Å². The van der Waals surface area contributed by atoms with Gasteiger partial charge < -0.3 is 10.1 Å². The number of halogens is 4. The molecular formula is C23H17Cl3FN3O3. The quantitative estimate of drug-likeness (QED) is 0.228. The van der Waals surface area contributed by atoms with Crippen LogP contribution in [0.5, 0.6) is 5.75 Å². The molecule has 3 rings (SSSR count). The fourth-order valence-electron chi connectivity index (χ4n) is 2.64. The maximum absolute atomic E-state index is 12.9. The molecule has 0 saturated heterocycles. The van der Waals surface area contributed by atoms with E-state index in [-0.39, 0.29) is 6.61 Å². The number of benzene rings is 3. The number of ether oxygens (including phenoxy) is 1. The second kappa shape index (κ2) is 11.7. The van der Waals surface area contributed by atoms with E-state index in [9.17, 15) is 14.0 Å². The highest BCUT2D eigenvalue weighted by Crippen LogP contribution is 2.25. The van der Waals surface area contributed by atoms with Crippen LogP contribution in [0.3, 0.4) is 0 Å². The Morgan fingerprint density at radius 3 is 2.36 bits per heavy atom. The van der Waals surface area contributed by atoms with Crippen LogP contribution in [-0.2, 0) is 16.2 Å². The standard InChI is InChI=1S/C23H17Cl3FN3O3/c24-16-3-8-21(33-13-14-1-2-17(25)10-20(14)26)15(9-16)12-28-30-23(32)11-22(31)29-19-6-4-18(27)5-7-19/h1-10,12H,11,13H2,(H,29,31)(H,30,32). The van der Waals surface area contributed by atoms with Crippen molar-refractivity contribution in [3.8, 4) is 5.75 Å². The monoisotopic (exact) mass is 507 g/mol. The van der Waals surface area contributed by atoms with E-state index >= 15 is 0 Å². The smallest absolute Gasteiger partial charge is 0.249 e. The van der Waals surface area contributed by atoms with Gasteiger partial charge in [-0.05, 0) is 54.6 Å². The predicted molar refractivity (Wildman–Crippen MR) is 128 cm³/mol. The molecule has 0 aliphatic carbocycles. The van der Waals surface area contributed by atoms with Crippen molar-refractivity contribution in [2.45, 2.75) is 13.0 Å². The average molecular weight is 509 g/mol. The normalized spacial score (nSPS) is 10.8. The lowest BCUT2D eigenvalue weighted by Crippen LogP contribution is -2.24. The van der Waals surface area contributed by atoms with Crippen molar-refractivity contribution >= 4 is 58.5 Å². The number of hydrogen-bond acceptors (Lipinski definition) is 4. The third-order valence-corrected chi connectivity index (χ3v) is 5.03. The van der Waals surface area contributed by atoms with Crippen molar-refractivity contribution in [3.63, 3.8) is 0 Å². The molecule has 0 atom stereocenters. The van der Waals surface area contributed by atoms with Gasteiger partial charge in [0, 0.05) is 31.9 Å². The number of carbonyl (C=O) groups excluding carboxylic acids is 2. The van der Waals surface area contributed by atoms with Gasteiger partial charge >= 0.3 is 0 Å². The molecule has 10 heteroatoms. The summed E-state index contributed by atoms with van der Waals surface area (Å²) in [4.78, 5) is 23.9. The molecule has 0 aliphatic rings. The zero-order chi connectivity index (χ0) is 23.8. The second-order valence-corrected chi connectivity index (χ2v) is 8.01. The maximum atomic E-state index is 12.9. The zero-order valence-electron chi connectivity index (χ0n) is 16.9. The van der Waals surface area contributed by atoms with Crippen molar-refractivity contribution < 1.29 is 18.7 Å². The summed E-state index contributed by atoms with van der Waals surface area (Å²) in [5.74, 6) is -1.18. The van der Waals surface area contributed by atoms with E-state index in [1.165, 1.54) is 30.5 Å². The van der Waals surface area contributed by atoms with Gasteiger partial charge in [-0.3, -0.25) is 9.59 Å². The Hall–Kier alpha value is -3.13. The third kappa shape index (κ3) is 7.75. The molecule has 0 saturated carbocycles. The molecule has 170 valence electrons. The minimum absolute atomic E-state index is 0.175. The van der Waals surface area contributed by atoms with E-state index in [0.717, 1.165) is 5.56 Å². The molecule has 2 N–H and O–H groups in total. The largest absolute Gasteiger partial charge is 0.488 e. The summed E-state index contributed by atoms with van der Waals surface area (Å²) in [5.41, 5.74) is 3.88. The number of carbonyl (C=O) groups is 2. The Kier molecular flexibility index (Phi) is 8.65. The predicted octanol–water partition coefficient (Wildman–Crippen LogP) is 5.84. The lowest BCUT2D eigenvalue weighted by Gasteiger charge is -2.11. The molecule has 0 heterocycles. The zero-order valence-corrected chi connectivity index (χ0v) is 19.2. The Balaban J connectivity index is 1.57. The van der Waals surface area contributed by atoms with Crippen LogP contribution < -0.4 is 15.5 Å². The molecule has 0 fully saturated rings. The molecule has 33 heavy (non-hydrogen) atoms. The Labute approximate surface area is 204 Å². The SMILES string of the molecule is O=C(CC(=O)Nc1ccc(F)cc1)NN=Cc1cc(Cl)ccc1OCc1ccc(Cl)cc1Cl. The summed E-state index contributed by atoms with van der Waals surface area (Å²) in [7, 11) is 0. The van der Waals surface area contributed by atoms with Gasteiger partial charge in [0.05, 0.1) is 6.21 Å². The minimum Gasteiger partial charge on any atom is -0.488 e. The molecule has 6 nitrogen and oxygen atoms in total. The van der Waals surface area contributed by atoms with E-state index in [1.54, 1.807) is 36.4 Å². The summed E-state index contributed by atoms with van der Waals surface area (Å²) in [6.07, 6.45) is 0.878. The molecular weight excluding hydrogens is 492 g/mol. The van der Waals surface area contributed by atoms with E-state index in [4.69, 9.17) is 39.5 Å². The van der Waals surface area contributed by atoms with Crippen LogP contribution in [0.2, 0.25) is 15.1 Å². The van der Waals surface area contributed by atoms with Crippen LogP contribution in [0, 0.1) is 5.82 Å². The van der Waals surface area contributed by atoms with Gasteiger partial charge in [-0.2, -0.15) is 5.10 Å². The van der Waals surface area contributed by atoms with Gasteiger partial charge in [-0.1, -0.05) is 40.9 Å². The summed E-state index contributed by atoms with van der Waals surface area (Å²) in [6, 6.07) is 15.2. The number of nitrogens with one attached hydrogen (secondary N) is 2. The van der Waals surface area contributed by atoms with Crippen molar-refractivity contribution in [1.82, 2.24) is 5.43 Å². The molecule has 3 aromatic carbocycles. The van der Waals surface area contributed by atoms with Crippen LogP contribution in [-0.4, -0.2) is 18.0 Å². The highest BCUT2D eigenvalue weighted by atomic mass is 35.5. The third-order valence-electron chi connectivity index (χ3n) is 4.21. The molecule has 0 aliphatic heterocycles. The first kappa shape index (κ1) is 24.5. The first-order valence-electron chi connectivity index (χ1n) is 9.54. The van der Waals surface area contributed by atoms with Crippen molar-refractivity contribution in [2.24, 2.45) is 5.10 Å². The van der Waals surface area contributed by atoms with Crippen LogP contribution in [0.25, 0.3) is 0 Å². The maximum Gasteiger partial charge on any atom is 0.249 e. The van der Waals surface area contributed by atoms with Crippen LogP contribution in [0.4, 0.5) is 10.1 Å². The summed E-state index contributed by atoms with van der Waals surface area (Å²) >= 11 is 18.1. The summed E-state index contributed by atoms with van der Waals surface area (Å²) in [5, 5.41) is 7.78. The Morgan fingerprint density at radius 1 is 0.939 bits per heavy atom. The Morgan fingerprint density at radius 2 is 1.64 bits per heavy atom. The van der Waals surface area contributed by atoms with Crippen molar-refractivity contribution in [1.29, 1.82) is 0 Å². The molecule has 3 aromatic rings. The van der Waals surface area contributed by atoms with Gasteiger partial charge in [-0.15, -0.1) is 0 Å². The van der Waals surface area contributed by atoms with Gasteiger partial charge in [0.25, 0.3) is 0 Å². The number of amides is 2. The minimum atomic E-state index is -0.636. The van der Waals surface area contributed by atoms with Gasteiger partial charge in [0.1, 0.15) is 24.6 Å². The molecule has 0 spiro atoms. The summed E-state index contributed by atoms with van der Waals surface area (Å²) in [6.45, 7) is 0.175. The average Bonchev–Trinajstić information content (AvgIpc) is 2.76. The first-order valence-corrected chi connectivity index (χ1v) is 10.7. The number of nitrogens with zero attached hydrogens (tertiary/aromatic N) is 1. The molecule has 2 amide bonds. The number of hydrogen-bond donors (Lipinski definition) is 2. The lowest BCUT2D eigenvalue weighted by atomic mass is 10.2. The Bertz CT molecular complexity index is 1190. The van der Waals surface area contributed by atoms with Gasteiger partial charge in [-0.25, -0.2) is 9.82 Å². The fraction of sp³-hybridized carbons (Fsp3) is 0.0870. The fourth-order valence-corrected chi connectivity index (χ4v) is 3.29. The molecule has 0 bridgehead atoms. The topological polar surface area (TPSA) is 79.8 Å². The second-order valence-electron chi connectivity index (χ2n) is 6.73.